The van der Waals surface area contributed by atoms with Crippen molar-refractivity contribution in [1.29, 1.82) is 0 Å². The Morgan fingerprint density at radius 2 is 1.93 bits per heavy atom. The van der Waals surface area contributed by atoms with Gasteiger partial charge in [-0.25, -0.2) is 4.98 Å². The minimum atomic E-state index is 0.243. The fourth-order valence-corrected chi connectivity index (χ4v) is 4.23. The zero-order valence-electron chi connectivity index (χ0n) is 16.5. The number of carbonyl (C=O) groups is 1. The molecule has 4 rings (SSSR count). The van der Waals surface area contributed by atoms with Gasteiger partial charge in [-0.3, -0.25) is 9.36 Å². The smallest absolute Gasteiger partial charge is 0.223 e. The molecule has 1 aliphatic heterocycles. The number of nitrogens with one attached hydrogen (secondary N) is 1. The molecule has 1 N–H and O–H groups in total. The summed E-state index contributed by atoms with van der Waals surface area (Å²) < 4.78 is 2.18. The van der Waals surface area contributed by atoms with E-state index in [2.05, 4.69) is 28.1 Å². The molecular formula is C23H28N4O. The van der Waals surface area contributed by atoms with Crippen molar-refractivity contribution in [3.05, 3.63) is 60.4 Å². The molecule has 0 bridgehead atoms. The van der Waals surface area contributed by atoms with E-state index in [0.29, 0.717) is 18.8 Å². The van der Waals surface area contributed by atoms with Crippen molar-refractivity contribution in [3.63, 3.8) is 0 Å². The maximum absolute atomic E-state index is 12.9. The summed E-state index contributed by atoms with van der Waals surface area (Å²) in [6.45, 7) is 2.73. The van der Waals surface area contributed by atoms with Crippen LogP contribution in [0.1, 0.15) is 25.1 Å². The van der Waals surface area contributed by atoms with E-state index < -0.39 is 0 Å². The first-order valence-electron chi connectivity index (χ1n) is 10.2. The van der Waals surface area contributed by atoms with Gasteiger partial charge in [0, 0.05) is 31.6 Å². The van der Waals surface area contributed by atoms with Crippen molar-refractivity contribution < 1.29 is 4.79 Å². The number of benzene rings is 2. The lowest BCUT2D eigenvalue weighted by molar-refractivity contribution is -0.132. The van der Waals surface area contributed by atoms with Crippen molar-refractivity contribution in [2.45, 2.75) is 25.7 Å². The van der Waals surface area contributed by atoms with Gasteiger partial charge in [0.1, 0.15) is 5.82 Å². The summed E-state index contributed by atoms with van der Waals surface area (Å²) in [5, 5.41) is 3.24. The molecule has 146 valence electrons. The van der Waals surface area contributed by atoms with Crippen LogP contribution in [-0.2, 0) is 11.2 Å². The lowest BCUT2D eigenvalue weighted by atomic mass is 9.97. The number of hydrogen-bond donors (Lipinski definition) is 1. The fraction of sp³-hybridized carbons (Fsp3) is 0.391. The number of carbonyl (C=O) groups excluding carboxylic acids is 1. The number of aryl methyl sites for hydroxylation is 1. The van der Waals surface area contributed by atoms with Crippen molar-refractivity contribution >= 4 is 16.9 Å². The molecule has 1 fully saturated rings. The second kappa shape index (κ2) is 8.57. The van der Waals surface area contributed by atoms with Gasteiger partial charge in [-0.05, 0) is 56.6 Å². The van der Waals surface area contributed by atoms with Gasteiger partial charge >= 0.3 is 0 Å². The van der Waals surface area contributed by atoms with Crippen LogP contribution in [-0.4, -0.2) is 47.0 Å². The summed E-state index contributed by atoms with van der Waals surface area (Å²) in [5.41, 5.74) is 3.15. The van der Waals surface area contributed by atoms with Gasteiger partial charge in [0.25, 0.3) is 0 Å². The van der Waals surface area contributed by atoms with E-state index in [9.17, 15) is 4.79 Å². The van der Waals surface area contributed by atoms with Crippen LogP contribution in [0.5, 0.6) is 0 Å². The van der Waals surface area contributed by atoms with Gasteiger partial charge in [-0.15, -0.1) is 0 Å². The first kappa shape index (κ1) is 18.7. The molecule has 28 heavy (non-hydrogen) atoms. The normalized spacial score (nSPS) is 17.2. The summed E-state index contributed by atoms with van der Waals surface area (Å²) in [6.07, 6.45) is 3.45. The number of nitrogens with zero attached hydrogens (tertiary/aromatic N) is 3. The highest BCUT2D eigenvalue weighted by Crippen LogP contribution is 2.23. The van der Waals surface area contributed by atoms with E-state index in [4.69, 9.17) is 4.98 Å². The molecule has 5 nitrogen and oxygen atoms in total. The van der Waals surface area contributed by atoms with Crippen LogP contribution in [0.15, 0.2) is 54.6 Å². The number of amides is 1. The predicted octanol–water partition coefficient (Wildman–Crippen LogP) is 3.42. The van der Waals surface area contributed by atoms with Crippen molar-refractivity contribution in [3.8, 4) is 5.69 Å². The number of fused-ring (bicyclic) bond motifs is 1. The molecule has 0 radical (unpaired) electrons. The van der Waals surface area contributed by atoms with E-state index in [1.807, 2.05) is 48.3 Å². The summed E-state index contributed by atoms with van der Waals surface area (Å²) in [6, 6.07) is 18.4. The number of likely N-dealkylation sites (tertiary alicyclic amines) is 1. The topological polar surface area (TPSA) is 50.2 Å². The molecule has 1 unspecified atom stereocenters. The zero-order chi connectivity index (χ0) is 19.3. The molecule has 1 atom stereocenters. The molecule has 2 aromatic carbocycles. The first-order valence-corrected chi connectivity index (χ1v) is 10.2. The van der Waals surface area contributed by atoms with Crippen LogP contribution >= 0.6 is 0 Å². The van der Waals surface area contributed by atoms with Gasteiger partial charge in [0.15, 0.2) is 0 Å². The largest absolute Gasteiger partial charge is 0.342 e. The molecular weight excluding hydrogens is 348 g/mol. The highest BCUT2D eigenvalue weighted by Gasteiger charge is 2.23. The molecule has 1 aliphatic rings. The minimum absolute atomic E-state index is 0.243. The van der Waals surface area contributed by atoms with E-state index in [1.165, 1.54) is 6.42 Å². The number of hydrogen-bond acceptors (Lipinski definition) is 3. The van der Waals surface area contributed by atoms with Crippen LogP contribution < -0.4 is 5.32 Å². The van der Waals surface area contributed by atoms with E-state index in [-0.39, 0.29) is 5.91 Å². The minimum Gasteiger partial charge on any atom is -0.342 e. The molecule has 1 aromatic heterocycles. The monoisotopic (exact) mass is 376 g/mol. The molecule has 1 amide bonds. The van der Waals surface area contributed by atoms with Crippen LogP contribution in [0.2, 0.25) is 0 Å². The van der Waals surface area contributed by atoms with Gasteiger partial charge < -0.3 is 10.2 Å². The van der Waals surface area contributed by atoms with Gasteiger partial charge in [0.2, 0.25) is 5.91 Å². The average molecular weight is 377 g/mol. The molecule has 2 heterocycles. The van der Waals surface area contributed by atoms with E-state index in [0.717, 1.165) is 48.6 Å². The Bertz CT molecular complexity index is 932. The molecule has 0 aliphatic carbocycles. The second-order valence-electron chi connectivity index (χ2n) is 7.59. The van der Waals surface area contributed by atoms with Gasteiger partial charge in [-0.1, -0.05) is 30.3 Å². The molecule has 0 spiro atoms. The number of aromatic nitrogens is 2. The Kier molecular flexibility index (Phi) is 5.72. The highest BCUT2D eigenvalue weighted by atomic mass is 16.2. The maximum atomic E-state index is 12.9. The lowest BCUT2D eigenvalue weighted by Crippen LogP contribution is -2.42. The highest BCUT2D eigenvalue weighted by molar-refractivity contribution is 5.79. The molecule has 5 heteroatoms. The summed E-state index contributed by atoms with van der Waals surface area (Å²) in [7, 11) is 1.98. The van der Waals surface area contributed by atoms with Crippen LogP contribution in [0.3, 0.4) is 0 Å². The lowest BCUT2D eigenvalue weighted by Gasteiger charge is -2.32. The second-order valence-corrected chi connectivity index (χ2v) is 7.59. The van der Waals surface area contributed by atoms with Crippen molar-refractivity contribution in [2.24, 2.45) is 5.92 Å². The SMILES string of the molecule is CNCC1CCCN(C(=O)CCc2nc3ccccc3n2-c2ccccc2)C1. The fourth-order valence-electron chi connectivity index (χ4n) is 4.23. The van der Waals surface area contributed by atoms with Crippen molar-refractivity contribution in [1.82, 2.24) is 19.8 Å². The first-order chi connectivity index (χ1) is 13.8. The Hall–Kier alpha value is -2.66. The Morgan fingerprint density at radius 1 is 1.14 bits per heavy atom. The molecule has 3 aromatic rings. The molecule has 1 saturated heterocycles. The van der Waals surface area contributed by atoms with E-state index in [1.54, 1.807) is 0 Å². The maximum Gasteiger partial charge on any atom is 0.223 e. The Morgan fingerprint density at radius 3 is 2.75 bits per heavy atom. The van der Waals surface area contributed by atoms with Crippen LogP contribution in [0.25, 0.3) is 16.7 Å². The third kappa shape index (κ3) is 3.94. The Labute approximate surface area is 166 Å². The predicted molar refractivity (Wildman–Crippen MR) is 113 cm³/mol. The van der Waals surface area contributed by atoms with Crippen molar-refractivity contribution in [2.75, 3.05) is 26.7 Å². The van der Waals surface area contributed by atoms with Gasteiger partial charge in [0.05, 0.1) is 11.0 Å². The summed E-state index contributed by atoms with van der Waals surface area (Å²) >= 11 is 0. The number of imidazole rings is 1. The average Bonchev–Trinajstić information content (AvgIpc) is 3.11. The Balaban J connectivity index is 1.53. The third-order valence-electron chi connectivity index (χ3n) is 5.57. The number of rotatable bonds is 6. The van der Waals surface area contributed by atoms with Crippen LogP contribution in [0, 0.1) is 5.92 Å². The number of para-hydroxylation sites is 3. The van der Waals surface area contributed by atoms with Gasteiger partial charge in [-0.2, -0.15) is 0 Å². The third-order valence-corrected chi connectivity index (χ3v) is 5.57. The van der Waals surface area contributed by atoms with Crippen LogP contribution in [0.4, 0.5) is 0 Å². The number of piperidine rings is 1. The standard InChI is InChI=1S/C23H28N4O/c1-24-16-18-8-7-15-26(17-18)23(28)14-13-22-25-20-11-5-6-12-21(20)27(22)19-9-3-2-4-10-19/h2-6,9-12,18,24H,7-8,13-17H2,1H3. The summed E-state index contributed by atoms with van der Waals surface area (Å²) in [4.78, 5) is 19.7. The van der Waals surface area contributed by atoms with E-state index >= 15 is 0 Å². The summed E-state index contributed by atoms with van der Waals surface area (Å²) in [5.74, 6) is 1.76. The quantitative estimate of drug-likeness (QED) is 0.717. The zero-order valence-corrected chi connectivity index (χ0v) is 16.5. The molecule has 0 saturated carbocycles.